The molecule has 3 amide bonds. The van der Waals surface area contributed by atoms with Gasteiger partial charge in [-0.25, -0.2) is 14.8 Å². The van der Waals surface area contributed by atoms with E-state index in [0.29, 0.717) is 29.3 Å². The van der Waals surface area contributed by atoms with Gasteiger partial charge in [-0.2, -0.15) is 0 Å². The van der Waals surface area contributed by atoms with Crippen LogP contribution in [0.2, 0.25) is 0 Å². The highest BCUT2D eigenvalue weighted by atomic mass is 32.2. The van der Waals surface area contributed by atoms with Crippen LogP contribution in [0.3, 0.4) is 0 Å². The van der Waals surface area contributed by atoms with Crippen LogP contribution in [0.5, 0.6) is 11.5 Å². The average molecular weight is 873 g/mol. The highest BCUT2D eigenvalue weighted by Crippen LogP contribution is 2.47. The van der Waals surface area contributed by atoms with Gasteiger partial charge >= 0.3 is 13.9 Å². The number of hydrazine groups is 1. The van der Waals surface area contributed by atoms with Crippen molar-refractivity contribution in [1.82, 2.24) is 16.2 Å². The van der Waals surface area contributed by atoms with E-state index in [2.05, 4.69) is 16.2 Å². The maximum Gasteiger partial charge on any atom is 0.527 e. The predicted octanol–water partition coefficient (Wildman–Crippen LogP) is 9.06. The Bertz CT molecular complexity index is 2110. The molecule has 1 saturated carbocycles. The highest BCUT2D eigenvalue weighted by molar-refractivity contribution is 7.99. The molecule has 1 aliphatic carbocycles. The van der Waals surface area contributed by atoms with Crippen LogP contribution in [-0.2, 0) is 36.4 Å². The normalized spacial score (nSPS) is 18.5. The molecule has 326 valence electrons. The van der Waals surface area contributed by atoms with Gasteiger partial charge in [-0.15, -0.1) is 11.8 Å². The fourth-order valence-electron chi connectivity index (χ4n) is 7.56. The van der Waals surface area contributed by atoms with Gasteiger partial charge < -0.3 is 24.2 Å². The summed E-state index contributed by atoms with van der Waals surface area (Å²) in [6, 6.07) is 28.5. The zero-order valence-electron chi connectivity index (χ0n) is 35.2. The molecule has 6 rings (SSSR count). The van der Waals surface area contributed by atoms with Crippen molar-refractivity contribution < 1.29 is 42.4 Å². The van der Waals surface area contributed by atoms with E-state index in [9.17, 15) is 19.0 Å². The van der Waals surface area contributed by atoms with Crippen LogP contribution in [-0.4, -0.2) is 54.1 Å². The summed E-state index contributed by atoms with van der Waals surface area (Å²) in [4.78, 5) is 55.6. The van der Waals surface area contributed by atoms with Crippen molar-refractivity contribution in [2.75, 3.05) is 18.6 Å². The lowest BCUT2D eigenvalue weighted by atomic mass is 9.86. The van der Waals surface area contributed by atoms with Gasteiger partial charge in [0.25, 0.3) is 5.91 Å². The number of phosphoric acid groups is 1. The fourth-order valence-corrected chi connectivity index (χ4v) is 9.66. The predicted molar refractivity (Wildman–Crippen MR) is 236 cm³/mol. The number of rotatable bonds is 17. The lowest BCUT2D eigenvalue weighted by molar-refractivity contribution is -0.129. The first-order valence-corrected chi connectivity index (χ1v) is 23.2. The molecule has 4 aromatic carbocycles. The molecule has 4 N–H and O–H groups in total. The topological polar surface area (TPSA) is 165 Å². The molecule has 13 nitrogen and oxygen atoms in total. The standard InChI is InChI=1S/C46H57N4O9PS/c1-46(2,3)58-45(53)49-48-38(30-33-21-25-37(26-22-33)59-60(54,55)57-31-34-16-9-6-10-17-34)43(51)47-41-42(35-23-27-36(56-4)28-24-35)61-40-20-12-11-19-39(40)50(44(41)52)29-13-18-32-14-7-5-8-15-32/h6,9-12,16-17,19-28,32,38,41-42,48H,5,7-8,13-15,18,29-31H2,1-4H3,(H,47,51)(H,49,53)(H,54,55)/t38-,41+,42+/m0/s1. The largest absolute Gasteiger partial charge is 0.527 e. The second-order valence-corrected chi connectivity index (χ2v) is 19.0. The third-order valence-corrected chi connectivity index (χ3v) is 12.9. The number of hydrogen-bond acceptors (Lipinski definition) is 10. The Morgan fingerprint density at radius 3 is 2.25 bits per heavy atom. The number of ether oxygens (including phenoxy) is 2. The summed E-state index contributed by atoms with van der Waals surface area (Å²) < 4.78 is 34.1. The zero-order chi connectivity index (χ0) is 43.4. The number of nitrogens with one attached hydrogen (secondary N) is 3. The van der Waals surface area contributed by atoms with Crippen molar-refractivity contribution in [3.8, 4) is 11.5 Å². The summed E-state index contributed by atoms with van der Waals surface area (Å²) in [5.74, 6) is 0.605. The smallest absolute Gasteiger partial charge is 0.497 e. The molecule has 0 radical (unpaired) electrons. The van der Waals surface area contributed by atoms with E-state index in [1.807, 2.05) is 59.5 Å². The number of phosphoric ester groups is 1. The number of thioether (sulfide) groups is 1. The van der Waals surface area contributed by atoms with Crippen molar-refractivity contribution in [3.63, 3.8) is 0 Å². The van der Waals surface area contributed by atoms with Gasteiger partial charge in [-0.1, -0.05) is 98.8 Å². The van der Waals surface area contributed by atoms with E-state index in [4.69, 9.17) is 18.5 Å². The number of para-hydroxylation sites is 1. The van der Waals surface area contributed by atoms with Crippen LogP contribution in [0.15, 0.2) is 108 Å². The summed E-state index contributed by atoms with van der Waals surface area (Å²) in [6.45, 7) is 5.57. The third-order valence-electron chi connectivity index (χ3n) is 10.6. The Balaban J connectivity index is 1.25. The van der Waals surface area contributed by atoms with Crippen LogP contribution in [0.4, 0.5) is 10.5 Å². The number of amides is 3. The Hall–Kier alpha value is -4.85. The van der Waals surface area contributed by atoms with Crippen molar-refractivity contribution in [2.45, 2.75) is 107 Å². The maximum atomic E-state index is 15.0. The molecular formula is C46H57N4O9PS. The monoisotopic (exact) mass is 872 g/mol. The summed E-state index contributed by atoms with van der Waals surface area (Å²) in [6.07, 6.45) is 7.30. The number of carbonyl (C=O) groups excluding carboxylic acids is 3. The molecule has 0 aromatic heterocycles. The van der Waals surface area contributed by atoms with Crippen LogP contribution in [0.25, 0.3) is 0 Å². The Kier molecular flexibility index (Phi) is 15.9. The molecule has 1 aliphatic heterocycles. The maximum absolute atomic E-state index is 15.0. The van der Waals surface area contributed by atoms with E-state index >= 15 is 4.79 Å². The summed E-state index contributed by atoms with van der Waals surface area (Å²) in [5, 5.41) is 2.58. The molecular weight excluding hydrogens is 816 g/mol. The van der Waals surface area contributed by atoms with Crippen LogP contribution >= 0.6 is 19.6 Å². The molecule has 61 heavy (non-hydrogen) atoms. The molecule has 2 aliphatic rings. The number of anilines is 1. The van der Waals surface area contributed by atoms with Crippen molar-refractivity contribution in [3.05, 3.63) is 120 Å². The van der Waals surface area contributed by atoms with Gasteiger partial charge in [0.05, 0.1) is 24.7 Å². The summed E-state index contributed by atoms with van der Waals surface area (Å²) >= 11 is 1.52. The van der Waals surface area contributed by atoms with Gasteiger partial charge in [0, 0.05) is 11.4 Å². The van der Waals surface area contributed by atoms with Crippen molar-refractivity contribution >= 4 is 43.2 Å². The second kappa shape index (κ2) is 21.3. The Labute approximate surface area is 362 Å². The SMILES string of the molecule is COc1ccc([C@H]2Sc3ccccc3N(CCCC3CCCCC3)C(=O)[C@@H]2NC(=O)[C@H](Cc2ccc(OP(=O)(O)OCc3ccccc3)cc2)NNC(=O)OC(C)(C)C)cc1. The lowest BCUT2D eigenvalue weighted by Crippen LogP contribution is -2.58. The molecule has 0 spiro atoms. The molecule has 1 unspecified atom stereocenters. The molecule has 0 bridgehead atoms. The van der Waals surface area contributed by atoms with E-state index in [0.717, 1.165) is 29.0 Å². The molecule has 4 aromatic rings. The van der Waals surface area contributed by atoms with Crippen LogP contribution in [0, 0.1) is 5.92 Å². The first-order chi connectivity index (χ1) is 29.3. The van der Waals surface area contributed by atoms with Gasteiger partial charge in [0.15, 0.2) is 0 Å². The fraction of sp³-hybridized carbons (Fsp3) is 0.413. The minimum Gasteiger partial charge on any atom is -0.497 e. The van der Waals surface area contributed by atoms with Gasteiger partial charge in [-0.05, 0) is 99.0 Å². The van der Waals surface area contributed by atoms with E-state index in [1.54, 1.807) is 64.3 Å². The van der Waals surface area contributed by atoms with Crippen LogP contribution in [0.1, 0.15) is 87.7 Å². The number of carbonyl (C=O) groups is 3. The first kappa shape index (κ1) is 45.7. The lowest BCUT2D eigenvalue weighted by Gasteiger charge is -2.31. The number of benzene rings is 4. The number of hydrogen-bond donors (Lipinski definition) is 4. The van der Waals surface area contributed by atoms with Crippen molar-refractivity contribution in [1.29, 1.82) is 0 Å². The second-order valence-electron chi connectivity index (χ2n) is 16.4. The molecule has 1 fully saturated rings. The highest BCUT2D eigenvalue weighted by Gasteiger charge is 2.40. The number of nitrogens with zero attached hydrogens (tertiary/aromatic N) is 1. The Morgan fingerprint density at radius 1 is 0.885 bits per heavy atom. The molecule has 4 atom stereocenters. The third kappa shape index (κ3) is 13.6. The van der Waals surface area contributed by atoms with Crippen LogP contribution < -0.4 is 30.3 Å². The quantitative estimate of drug-likeness (QED) is 0.0591. The minimum atomic E-state index is -4.47. The first-order valence-electron chi connectivity index (χ1n) is 20.8. The molecule has 15 heteroatoms. The average Bonchev–Trinajstić information content (AvgIpc) is 3.36. The Morgan fingerprint density at radius 2 is 1.56 bits per heavy atom. The minimum absolute atomic E-state index is 0.0375. The molecule has 1 heterocycles. The van der Waals surface area contributed by atoms with E-state index < -0.39 is 42.8 Å². The number of methoxy groups -OCH3 is 1. The van der Waals surface area contributed by atoms with E-state index in [-0.39, 0.29) is 24.7 Å². The number of fused-ring (bicyclic) bond motifs is 1. The van der Waals surface area contributed by atoms with Crippen molar-refractivity contribution in [2.24, 2.45) is 5.92 Å². The molecule has 0 saturated heterocycles. The van der Waals surface area contributed by atoms with Gasteiger partial charge in [-0.3, -0.25) is 24.4 Å². The zero-order valence-corrected chi connectivity index (χ0v) is 36.9. The summed E-state index contributed by atoms with van der Waals surface area (Å²) in [7, 11) is -2.88. The van der Waals surface area contributed by atoms with Gasteiger partial charge in [0.1, 0.15) is 29.2 Å². The summed E-state index contributed by atoms with van der Waals surface area (Å²) in [5.41, 5.74) is 7.50. The van der Waals surface area contributed by atoms with E-state index in [1.165, 1.54) is 56.0 Å². The van der Waals surface area contributed by atoms with Gasteiger partial charge in [0.2, 0.25) is 5.91 Å².